The van der Waals surface area contributed by atoms with Gasteiger partial charge in [0.05, 0.1) is 18.4 Å². The summed E-state index contributed by atoms with van der Waals surface area (Å²) in [5.74, 6) is -1.11. The Morgan fingerprint density at radius 1 is 1.47 bits per heavy atom. The number of carboxylic acid groups (broad SMARTS) is 1. The van der Waals surface area contributed by atoms with Gasteiger partial charge in [0.25, 0.3) is 0 Å². The number of benzene rings is 1. The van der Waals surface area contributed by atoms with Gasteiger partial charge in [-0.3, -0.25) is 4.79 Å². The first-order valence-corrected chi connectivity index (χ1v) is 5.74. The number of hydrogen-bond acceptors (Lipinski definition) is 3. The molecule has 0 radical (unpaired) electrons. The van der Waals surface area contributed by atoms with Crippen molar-refractivity contribution < 1.29 is 14.7 Å². The number of nitrogens with zero attached hydrogens (tertiary/aromatic N) is 2. The minimum atomic E-state index is -1.06. The van der Waals surface area contributed by atoms with Gasteiger partial charge in [-0.25, -0.2) is 9.78 Å². The van der Waals surface area contributed by atoms with Crippen molar-refractivity contribution in [3.63, 3.8) is 0 Å². The first-order valence-electron chi connectivity index (χ1n) is 5.74. The summed E-state index contributed by atoms with van der Waals surface area (Å²) in [6.07, 6.45) is 1.79. The fraction of sp³-hybridized carbons (Fsp3) is 0.154. The molecule has 6 heteroatoms. The van der Waals surface area contributed by atoms with Crippen LogP contribution in [-0.2, 0) is 18.3 Å². The van der Waals surface area contributed by atoms with E-state index in [1.54, 1.807) is 23.7 Å². The lowest BCUT2D eigenvalue weighted by Crippen LogP contribution is -2.03. The van der Waals surface area contributed by atoms with Crippen LogP contribution in [0.25, 0.3) is 11.3 Å². The lowest BCUT2D eigenvalue weighted by atomic mass is 10.0. The Labute approximate surface area is 108 Å². The molecule has 0 aliphatic carbocycles. The largest absolute Gasteiger partial charge is 0.476 e. The zero-order valence-corrected chi connectivity index (χ0v) is 10.2. The molecular formula is C13H11N3O3. The van der Waals surface area contributed by atoms with Gasteiger partial charge in [0.2, 0.25) is 5.91 Å². The second kappa shape index (κ2) is 3.94. The summed E-state index contributed by atoms with van der Waals surface area (Å²) in [4.78, 5) is 26.4. The number of fused-ring (bicyclic) bond motifs is 1. The van der Waals surface area contributed by atoms with Gasteiger partial charge in [0.15, 0.2) is 5.69 Å². The normalized spacial score (nSPS) is 13.2. The number of nitrogens with one attached hydrogen (secondary N) is 1. The number of carbonyl (C=O) groups excluding carboxylic acids is 1. The van der Waals surface area contributed by atoms with E-state index in [0.717, 1.165) is 16.8 Å². The smallest absolute Gasteiger partial charge is 0.356 e. The number of rotatable bonds is 2. The fourth-order valence-corrected chi connectivity index (χ4v) is 2.30. The molecule has 2 heterocycles. The molecule has 0 unspecified atom stereocenters. The van der Waals surface area contributed by atoms with Crippen LogP contribution in [0.3, 0.4) is 0 Å². The third-order valence-electron chi connectivity index (χ3n) is 3.14. The Morgan fingerprint density at radius 3 is 3.00 bits per heavy atom. The lowest BCUT2D eigenvalue weighted by Gasteiger charge is -2.06. The summed E-state index contributed by atoms with van der Waals surface area (Å²) < 4.78 is 1.66. The van der Waals surface area contributed by atoms with Crippen LogP contribution in [-0.4, -0.2) is 26.5 Å². The molecule has 1 aromatic heterocycles. The van der Waals surface area contributed by atoms with E-state index in [9.17, 15) is 9.59 Å². The number of anilines is 1. The lowest BCUT2D eigenvalue weighted by molar-refractivity contribution is -0.115. The first-order chi connectivity index (χ1) is 9.06. The molecule has 0 atom stereocenters. The fourth-order valence-electron chi connectivity index (χ4n) is 2.30. The van der Waals surface area contributed by atoms with E-state index >= 15 is 0 Å². The van der Waals surface area contributed by atoms with E-state index in [4.69, 9.17) is 5.11 Å². The highest BCUT2D eigenvalue weighted by atomic mass is 16.4. The van der Waals surface area contributed by atoms with Crippen LogP contribution in [0.15, 0.2) is 24.5 Å². The number of aromatic carboxylic acids is 1. The Kier molecular flexibility index (Phi) is 2.38. The van der Waals surface area contributed by atoms with E-state index < -0.39 is 5.97 Å². The Morgan fingerprint density at radius 2 is 2.26 bits per heavy atom. The van der Waals surface area contributed by atoms with Crippen LogP contribution in [0.4, 0.5) is 5.69 Å². The van der Waals surface area contributed by atoms with Crippen molar-refractivity contribution in [3.8, 4) is 11.3 Å². The maximum atomic E-state index is 11.3. The molecule has 0 saturated heterocycles. The Balaban J connectivity index is 2.14. The van der Waals surface area contributed by atoms with Crippen LogP contribution in [0.5, 0.6) is 0 Å². The van der Waals surface area contributed by atoms with Gasteiger partial charge >= 0.3 is 5.97 Å². The predicted octanol–water partition coefficient (Wildman–Crippen LogP) is 1.28. The SMILES string of the molecule is Cn1cnc(C(=O)O)c1-c1ccc2c(c1)CC(=O)N2. The molecule has 6 nitrogen and oxygen atoms in total. The minimum Gasteiger partial charge on any atom is -0.476 e. The molecule has 0 spiro atoms. The van der Waals surface area contributed by atoms with E-state index in [0.29, 0.717) is 12.1 Å². The van der Waals surface area contributed by atoms with Crippen LogP contribution >= 0.6 is 0 Å². The number of aryl methyl sites for hydroxylation is 1. The number of aromatic nitrogens is 2. The molecule has 1 aromatic carbocycles. The molecule has 3 rings (SSSR count). The van der Waals surface area contributed by atoms with Gasteiger partial charge in [0.1, 0.15) is 0 Å². The summed E-state index contributed by atoms with van der Waals surface area (Å²) in [5, 5.41) is 11.9. The highest BCUT2D eigenvalue weighted by molar-refractivity contribution is 6.00. The average molecular weight is 257 g/mol. The quantitative estimate of drug-likeness (QED) is 0.848. The van der Waals surface area contributed by atoms with Crippen LogP contribution in [0.1, 0.15) is 16.1 Å². The van der Waals surface area contributed by atoms with Gasteiger partial charge in [-0.05, 0) is 17.7 Å². The number of carbonyl (C=O) groups is 2. The van der Waals surface area contributed by atoms with Gasteiger partial charge in [-0.1, -0.05) is 6.07 Å². The summed E-state index contributed by atoms with van der Waals surface area (Å²) in [6, 6.07) is 5.40. The number of amides is 1. The Bertz CT molecular complexity index is 703. The number of hydrogen-bond donors (Lipinski definition) is 2. The van der Waals surface area contributed by atoms with E-state index in [1.807, 2.05) is 6.07 Å². The molecule has 1 aliphatic heterocycles. The van der Waals surface area contributed by atoms with Crippen LogP contribution in [0, 0.1) is 0 Å². The maximum absolute atomic E-state index is 11.3. The van der Waals surface area contributed by atoms with E-state index in [2.05, 4.69) is 10.3 Å². The molecule has 2 aromatic rings. The van der Waals surface area contributed by atoms with E-state index in [-0.39, 0.29) is 11.6 Å². The second-order valence-electron chi connectivity index (χ2n) is 4.45. The standard InChI is InChI=1S/C13H11N3O3/c1-16-6-14-11(13(18)19)12(16)7-2-3-9-8(4-7)5-10(17)15-9/h2-4,6H,5H2,1H3,(H,15,17)(H,18,19). The minimum absolute atomic E-state index is 0.0136. The zero-order valence-electron chi connectivity index (χ0n) is 10.2. The third kappa shape index (κ3) is 1.77. The molecule has 0 fully saturated rings. The highest BCUT2D eigenvalue weighted by Crippen LogP contribution is 2.30. The maximum Gasteiger partial charge on any atom is 0.356 e. The molecule has 1 aliphatic rings. The first kappa shape index (κ1) is 11.5. The van der Waals surface area contributed by atoms with E-state index in [1.165, 1.54) is 6.33 Å². The average Bonchev–Trinajstić information content (AvgIpc) is 2.89. The van der Waals surface area contributed by atoms with Crippen molar-refractivity contribution >= 4 is 17.6 Å². The Hall–Kier alpha value is -2.63. The van der Waals surface area contributed by atoms with Gasteiger partial charge < -0.3 is 15.0 Å². The van der Waals surface area contributed by atoms with Crippen molar-refractivity contribution in [2.75, 3.05) is 5.32 Å². The third-order valence-corrected chi connectivity index (χ3v) is 3.14. The molecule has 96 valence electrons. The molecule has 0 bridgehead atoms. The van der Waals surface area contributed by atoms with Crippen molar-refractivity contribution in [3.05, 3.63) is 35.8 Å². The molecule has 19 heavy (non-hydrogen) atoms. The van der Waals surface area contributed by atoms with Gasteiger partial charge in [-0.2, -0.15) is 0 Å². The van der Waals surface area contributed by atoms with Gasteiger partial charge in [-0.15, -0.1) is 0 Å². The summed E-state index contributed by atoms with van der Waals surface area (Å²) in [7, 11) is 1.74. The zero-order chi connectivity index (χ0) is 13.6. The highest BCUT2D eigenvalue weighted by Gasteiger charge is 2.21. The van der Waals surface area contributed by atoms with Crippen molar-refractivity contribution in [1.29, 1.82) is 0 Å². The van der Waals surface area contributed by atoms with Crippen LogP contribution < -0.4 is 5.32 Å². The second-order valence-corrected chi connectivity index (χ2v) is 4.45. The van der Waals surface area contributed by atoms with Crippen LogP contribution in [0.2, 0.25) is 0 Å². The monoisotopic (exact) mass is 257 g/mol. The summed E-state index contributed by atoms with van der Waals surface area (Å²) in [6.45, 7) is 0. The molecule has 2 N–H and O–H groups in total. The van der Waals surface area contributed by atoms with Crippen molar-refractivity contribution in [2.24, 2.45) is 7.05 Å². The predicted molar refractivity (Wildman–Crippen MR) is 67.9 cm³/mol. The molecule has 0 saturated carbocycles. The van der Waals surface area contributed by atoms with Gasteiger partial charge in [0, 0.05) is 18.3 Å². The number of imidazole rings is 1. The van der Waals surface area contributed by atoms with Crippen molar-refractivity contribution in [2.45, 2.75) is 6.42 Å². The molecule has 1 amide bonds. The van der Waals surface area contributed by atoms with Crippen molar-refractivity contribution in [1.82, 2.24) is 9.55 Å². The topological polar surface area (TPSA) is 84.2 Å². The molecular weight excluding hydrogens is 246 g/mol. The summed E-state index contributed by atoms with van der Waals surface area (Å²) in [5.41, 5.74) is 2.95. The summed E-state index contributed by atoms with van der Waals surface area (Å²) >= 11 is 0. The number of carboxylic acids is 1.